The zero-order chi connectivity index (χ0) is 21.1. The molecule has 1 amide bonds. The highest BCUT2D eigenvalue weighted by Crippen LogP contribution is 2.36. The summed E-state index contributed by atoms with van der Waals surface area (Å²) < 4.78 is 19.1. The molecule has 0 radical (unpaired) electrons. The number of fused-ring (bicyclic) bond motifs is 1. The average molecular weight is 404 g/mol. The fourth-order valence-corrected chi connectivity index (χ4v) is 3.68. The van der Waals surface area contributed by atoms with Crippen LogP contribution >= 0.6 is 0 Å². The Labute approximate surface area is 176 Å². The van der Waals surface area contributed by atoms with Gasteiger partial charge in [0.1, 0.15) is 18.2 Å². The molecule has 1 aliphatic heterocycles. The molecule has 0 bridgehead atoms. The molecule has 1 aliphatic rings. The van der Waals surface area contributed by atoms with Gasteiger partial charge in [-0.05, 0) is 61.4 Å². The largest absolute Gasteiger partial charge is 0.489 e. The molecule has 5 heteroatoms. The van der Waals surface area contributed by atoms with Gasteiger partial charge in [0.15, 0.2) is 0 Å². The van der Waals surface area contributed by atoms with Gasteiger partial charge in [0.2, 0.25) is 5.91 Å². The van der Waals surface area contributed by atoms with E-state index < -0.39 is 0 Å². The van der Waals surface area contributed by atoms with Gasteiger partial charge < -0.3 is 15.0 Å². The van der Waals surface area contributed by atoms with Gasteiger partial charge in [-0.3, -0.25) is 4.79 Å². The molecule has 4 rings (SSSR count). The van der Waals surface area contributed by atoms with Crippen LogP contribution in [0.3, 0.4) is 0 Å². The van der Waals surface area contributed by atoms with Crippen molar-refractivity contribution in [2.24, 2.45) is 0 Å². The lowest BCUT2D eigenvalue weighted by atomic mass is 10.0. The third kappa shape index (κ3) is 4.62. The summed E-state index contributed by atoms with van der Waals surface area (Å²) in [6.45, 7) is 5.22. The van der Waals surface area contributed by atoms with E-state index in [0.717, 1.165) is 17.0 Å². The number of amides is 1. The predicted molar refractivity (Wildman–Crippen MR) is 117 cm³/mol. The zero-order valence-electron chi connectivity index (χ0n) is 17.2. The molecule has 0 aromatic heterocycles. The highest BCUT2D eigenvalue weighted by Gasteiger charge is 2.29. The van der Waals surface area contributed by atoms with Gasteiger partial charge in [-0.2, -0.15) is 0 Å². The van der Waals surface area contributed by atoms with Crippen LogP contribution in [0.4, 0.5) is 15.8 Å². The Morgan fingerprint density at radius 2 is 1.73 bits per heavy atom. The van der Waals surface area contributed by atoms with Crippen LogP contribution in [0.5, 0.6) is 5.75 Å². The molecule has 3 aromatic carbocycles. The standard InChI is InChI=1S/C25H25FN2O2/c1-17-3-6-19(7-4-17)15-28-22(16-30-24-13-18(2)5-12-23(24)28)14-25(29)27-21-10-8-20(26)9-11-21/h3-13,22H,14-16H2,1-2H3,(H,27,29)/t22-/m1/s1. The molecular formula is C25H25FN2O2. The first-order chi connectivity index (χ1) is 14.5. The van der Waals surface area contributed by atoms with Crippen molar-refractivity contribution in [3.05, 3.63) is 89.2 Å². The quantitative estimate of drug-likeness (QED) is 0.632. The van der Waals surface area contributed by atoms with Crippen LogP contribution in [-0.4, -0.2) is 18.6 Å². The van der Waals surface area contributed by atoms with Gasteiger partial charge in [0.05, 0.1) is 18.2 Å². The van der Waals surface area contributed by atoms with Crippen LogP contribution in [0.1, 0.15) is 23.1 Å². The van der Waals surface area contributed by atoms with Crippen molar-refractivity contribution < 1.29 is 13.9 Å². The van der Waals surface area contributed by atoms with Crippen LogP contribution < -0.4 is 15.0 Å². The zero-order valence-corrected chi connectivity index (χ0v) is 17.2. The number of benzene rings is 3. The average Bonchev–Trinajstić information content (AvgIpc) is 2.73. The number of halogens is 1. The lowest BCUT2D eigenvalue weighted by molar-refractivity contribution is -0.116. The number of hydrogen-bond acceptors (Lipinski definition) is 3. The summed E-state index contributed by atoms with van der Waals surface area (Å²) in [4.78, 5) is 14.9. The SMILES string of the molecule is Cc1ccc(CN2c3ccc(C)cc3OC[C@H]2CC(=O)Nc2ccc(F)cc2)cc1. The summed E-state index contributed by atoms with van der Waals surface area (Å²) in [6, 6.07) is 20.3. The van der Waals surface area contributed by atoms with Crippen molar-refractivity contribution >= 4 is 17.3 Å². The van der Waals surface area contributed by atoms with E-state index in [-0.39, 0.29) is 24.2 Å². The molecule has 0 saturated heterocycles. The molecule has 3 aromatic rings. The van der Waals surface area contributed by atoms with Crippen molar-refractivity contribution in [3.8, 4) is 5.75 Å². The van der Waals surface area contributed by atoms with Gasteiger partial charge in [-0.1, -0.05) is 35.9 Å². The molecule has 1 heterocycles. The number of carbonyl (C=O) groups excluding carboxylic acids is 1. The number of hydrogen-bond donors (Lipinski definition) is 1. The maximum Gasteiger partial charge on any atom is 0.226 e. The van der Waals surface area contributed by atoms with Crippen LogP contribution in [0.25, 0.3) is 0 Å². The first-order valence-corrected chi connectivity index (χ1v) is 10.1. The summed E-state index contributed by atoms with van der Waals surface area (Å²) in [5, 5.41) is 2.85. The van der Waals surface area contributed by atoms with E-state index in [1.54, 1.807) is 12.1 Å². The van der Waals surface area contributed by atoms with E-state index in [9.17, 15) is 9.18 Å². The van der Waals surface area contributed by atoms with Gasteiger partial charge in [-0.25, -0.2) is 4.39 Å². The minimum absolute atomic E-state index is 0.109. The minimum Gasteiger partial charge on any atom is -0.489 e. The van der Waals surface area contributed by atoms with Gasteiger partial charge in [0, 0.05) is 12.2 Å². The van der Waals surface area contributed by atoms with Gasteiger partial charge in [-0.15, -0.1) is 0 Å². The highest BCUT2D eigenvalue weighted by atomic mass is 19.1. The summed E-state index contributed by atoms with van der Waals surface area (Å²) >= 11 is 0. The van der Waals surface area contributed by atoms with Gasteiger partial charge in [0.25, 0.3) is 0 Å². The third-order valence-corrected chi connectivity index (χ3v) is 5.32. The Kier molecular flexibility index (Phi) is 5.70. The number of carbonyl (C=O) groups is 1. The number of ether oxygens (including phenoxy) is 1. The van der Waals surface area contributed by atoms with Crippen molar-refractivity contribution in [2.75, 3.05) is 16.8 Å². The maximum atomic E-state index is 13.1. The fraction of sp³-hybridized carbons (Fsp3) is 0.240. The third-order valence-electron chi connectivity index (χ3n) is 5.32. The molecule has 1 atom stereocenters. The first-order valence-electron chi connectivity index (χ1n) is 10.1. The second-order valence-corrected chi connectivity index (χ2v) is 7.81. The molecule has 0 fully saturated rings. The second kappa shape index (κ2) is 8.57. The topological polar surface area (TPSA) is 41.6 Å². The number of anilines is 2. The molecular weight excluding hydrogens is 379 g/mol. The smallest absolute Gasteiger partial charge is 0.226 e. The molecule has 30 heavy (non-hydrogen) atoms. The molecule has 0 saturated carbocycles. The Morgan fingerprint density at radius 3 is 2.47 bits per heavy atom. The summed E-state index contributed by atoms with van der Waals surface area (Å²) in [5.41, 5.74) is 5.10. The van der Waals surface area contributed by atoms with Crippen LogP contribution in [-0.2, 0) is 11.3 Å². The Balaban J connectivity index is 1.55. The van der Waals surface area contributed by atoms with E-state index in [1.807, 2.05) is 13.0 Å². The summed E-state index contributed by atoms with van der Waals surface area (Å²) in [6.07, 6.45) is 0.274. The minimum atomic E-state index is -0.329. The molecule has 4 nitrogen and oxygen atoms in total. The molecule has 154 valence electrons. The van der Waals surface area contributed by atoms with E-state index in [2.05, 4.69) is 53.5 Å². The fourth-order valence-electron chi connectivity index (χ4n) is 3.68. The highest BCUT2D eigenvalue weighted by molar-refractivity contribution is 5.91. The summed E-state index contributed by atoms with van der Waals surface area (Å²) in [5.74, 6) is 0.391. The molecule has 0 aliphatic carbocycles. The van der Waals surface area contributed by atoms with E-state index in [4.69, 9.17) is 4.74 Å². The van der Waals surface area contributed by atoms with Crippen LogP contribution in [0.15, 0.2) is 66.7 Å². The van der Waals surface area contributed by atoms with Crippen molar-refractivity contribution in [3.63, 3.8) is 0 Å². The van der Waals surface area contributed by atoms with Crippen LogP contribution in [0.2, 0.25) is 0 Å². The Bertz CT molecular complexity index is 1030. The van der Waals surface area contributed by atoms with Gasteiger partial charge >= 0.3 is 0 Å². The number of rotatable bonds is 5. The van der Waals surface area contributed by atoms with Crippen LogP contribution in [0, 0.1) is 19.7 Å². The predicted octanol–water partition coefficient (Wildman–Crippen LogP) is 5.24. The van der Waals surface area contributed by atoms with Crippen molar-refractivity contribution in [2.45, 2.75) is 32.9 Å². The lowest BCUT2D eigenvalue weighted by Gasteiger charge is -2.38. The molecule has 1 N–H and O–H groups in total. The van der Waals surface area contributed by atoms with Crippen molar-refractivity contribution in [1.29, 1.82) is 0 Å². The van der Waals surface area contributed by atoms with E-state index in [0.29, 0.717) is 18.8 Å². The first kappa shape index (κ1) is 20.0. The second-order valence-electron chi connectivity index (χ2n) is 7.81. The molecule has 0 unspecified atom stereocenters. The lowest BCUT2D eigenvalue weighted by Crippen LogP contribution is -2.44. The normalized spacial score (nSPS) is 15.3. The summed E-state index contributed by atoms with van der Waals surface area (Å²) in [7, 11) is 0. The van der Waals surface area contributed by atoms with Crippen molar-refractivity contribution in [1.82, 2.24) is 0 Å². The number of aryl methyl sites for hydroxylation is 2. The monoisotopic (exact) mass is 404 g/mol. The number of nitrogens with zero attached hydrogens (tertiary/aromatic N) is 1. The number of nitrogens with one attached hydrogen (secondary N) is 1. The van der Waals surface area contributed by atoms with E-state index in [1.165, 1.54) is 23.3 Å². The molecule has 0 spiro atoms. The Hall–Kier alpha value is -3.34. The van der Waals surface area contributed by atoms with E-state index >= 15 is 0 Å². The maximum absolute atomic E-state index is 13.1. The Morgan fingerprint density at radius 1 is 1.03 bits per heavy atom.